The van der Waals surface area contributed by atoms with Gasteiger partial charge in [0.2, 0.25) is 0 Å². The van der Waals surface area contributed by atoms with E-state index >= 15 is 0 Å². The number of nitrogens with one attached hydrogen (secondary N) is 2. The molecule has 4 aromatic rings. The lowest BCUT2D eigenvalue weighted by Gasteiger charge is -2.32. The topological polar surface area (TPSA) is 93.9 Å². The Morgan fingerprint density at radius 2 is 2.03 bits per heavy atom. The molecule has 2 aromatic heterocycles. The summed E-state index contributed by atoms with van der Waals surface area (Å²) in [5.74, 6) is -0.107. The third-order valence-electron chi connectivity index (χ3n) is 6.12. The molecule has 1 saturated heterocycles. The van der Waals surface area contributed by atoms with E-state index < -0.39 is 5.82 Å². The van der Waals surface area contributed by atoms with Gasteiger partial charge < -0.3 is 10.6 Å². The van der Waals surface area contributed by atoms with Crippen molar-refractivity contribution >= 4 is 50.6 Å². The molecule has 2 aromatic carbocycles. The Bertz CT molecular complexity index is 1460. The van der Waals surface area contributed by atoms with Crippen LogP contribution < -0.4 is 10.6 Å². The second-order valence-electron chi connectivity index (χ2n) is 8.64. The average Bonchev–Trinajstić information content (AvgIpc) is 3.33. The van der Waals surface area contributed by atoms with E-state index in [0.29, 0.717) is 32.2 Å². The van der Waals surface area contributed by atoms with Gasteiger partial charge in [-0.15, -0.1) is 11.3 Å². The second-order valence-corrected chi connectivity index (χ2v) is 10.1. The fourth-order valence-corrected chi connectivity index (χ4v) is 5.35. The number of thiophene rings is 1. The van der Waals surface area contributed by atoms with E-state index in [1.165, 1.54) is 29.8 Å². The van der Waals surface area contributed by atoms with Crippen molar-refractivity contribution in [3.63, 3.8) is 0 Å². The molecular formula is C26H22ClFN6OS. The molecule has 0 radical (unpaired) electrons. The van der Waals surface area contributed by atoms with Crippen LogP contribution in [0.3, 0.4) is 0 Å². The Morgan fingerprint density at radius 1 is 1.19 bits per heavy atom. The van der Waals surface area contributed by atoms with Crippen molar-refractivity contribution in [3.8, 4) is 6.07 Å². The van der Waals surface area contributed by atoms with Crippen LogP contribution in [0.1, 0.15) is 33.6 Å². The fraction of sp³-hybridized carbons (Fsp3) is 0.231. The highest BCUT2D eigenvalue weighted by atomic mass is 35.5. The van der Waals surface area contributed by atoms with Crippen LogP contribution in [0, 0.1) is 17.1 Å². The Hall–Kier alpha value is -3.58. The maximum Gasteiger partial charge on any atom is 0.261 e. The normalized spacial score (nSPS) is 14.5. The molecule has 0 aliphatic carbocycles. The van der Waals surface area contributed by atoms with Crippen LogP contribution >= 0.6 is 22.9 Å². The van der Waals surface area contributed by atoms with E-state index in [-0.39, 0.29) is 17.0 Å². The highest BCUT2D eigenvalue weighted by molar-refractivity contribution is 7.20. The van der Waals surface area contributed by atoms with E-state index in [4.69, 9.17) is 16.9 Å². The highest BCUT2D eigenvalue weighted by Crippen LogP contribution is 2.31. The van der Waals surface area contributed by atoms with Crippen LogP contribution in [-0.2, 0) is 6.54 Å². The first-order valence-electron chi connectivity index (χ1n) is 11.5. The fourth-order valence-electron chi connectivity index (χ4n) is 4.27. The number of piperidine rings is 1. The predicted molar refractivity (Wildman–Crippen MR) is 139 cm³/mol. The van der Waals surface area contributed by atoms with Gasteiger partial charge in [0, 0.05) is 31.4 Å². The Balaban J connectivity index is 1.21. The SMILES string of the molecule is N#Cc1cccc(CN2CCC(NC(=O)c3cc4c(Nc5ccc(F)c(Cl)c5)ncnc4s3)CC2)c1. The summed E-state index contributed by atoms with van der Waals surface area (Å²) >= 11 is 7.19. The molecule has 36 heavy (non-hydrogen) atoms. The summed E-state index contributed by atoms with van der Waals surface area (Å²) < 4.78 is 13.5. The lowest BCUT2D eigenvalue weighted by atomic mass is 10.0. The zero-order valence-corrected chi connectivity index (χ0v) is 20.7. The van der Waals surface area contributed by atoms with E-state index in [9.17, 15) is 9.18 Å². The van der Waals surface area contributed by atoms with Crippen LogP contribution in [0.2, 0.25) is 5.02 Å². The number of likely N-dealkylation sites (tertiary alicyclic amines) is 1. The summed E-state index contributed by atoms with van der Waals surface area (Å²) in [6.45, 7) is 2.53. The van der Waals surface area contributed by atoms with Crippen molar-refractivity contribution in [2.75, 3.05) is 18.4 Å². The van der Waals surface area contributed by atoms with Crippen molar-refractivity contribution in [1.82, 2.24) is 20.2 Å². The lowest BCUT2D eigenvalue weighted by molar-refractivity contribution is 0.0913. The minimum Gasteiger partial charge on any atom is -0.349 e. The highest BCUT2D eigenvalue weighted by Gasteiger charge is 2.23. The molecule has 1 amide bonds. The number of amides is 1. The maximum absolute atomic E-state index is 13.5. The van der Waals surface area contributed by atoms with Crippen molar-refractivity contribution in [3.05, 3.63) is 81.7 Å². The molecule has 7 nitrogen and oxygen atoms in total. The Kier molecular flexibility index (Phi) is 7.09. The van der Waals surface area contributed by atoms with Crippen molar-refractivity contribution in [2.24, 2.45) is 0 Å². The van der Waals surface area contributed by atoms with E-state index in [1.54, 1.807) is 12.1 Å². The first-order valence-corrected chi connectivity index (χ1v) is 12.7. The number of carbonyl (C=O) groups is 1. The summed E-state index contributed by atoms with van der Waals surface area (Å²) in [7, 11) is 0. The standard InChI is InChI=1S/C26H22ClFN6OS/c27-21-11-19(4-5-22(21)28)32-24-20-12-23(36-26(20)31-15-30-24)25(35)33-18-6-8-34(9-7-18)14-17-3-1-2-16(10-17)13-29/h1-5,10-12,15,18H,6-9,14H2,(H,33,35)(H,30,31,32). The largest absolute Gasteiger partial charge is 0.349 e. The van der Waals surface area contributed by atoms with Gasteiger partial charge >= 0.3 is 0 Å². The van der Waals surface area contributed by atoms with Crippen LogP contribution in [0.4, 0.5) is 15.9 Å². The van der Waals surface area contributed by atoms with Gasteiger partial charge in [0.25, 0.3) is 5.91 Å². The minimum absolute atomic E-state index is 0.0115. The summed E-state index contributed by atoms with van der Waals surface area (Å²) in [4.78, 5) is 25.2. The quantitative estimate of drug-likeness (QED) is 0.349. The Labute approximate surface area is 216 Å². The number of hydrogen-bond acceptors (Lipinski definition) is 7. The van der Waals surface area contributed by atoms with Crippen LogP contribution in [0.25, 0.3) is 10.2 Å². The average molecular weight is 521 g/mol. The molecule has 3 heterocycles. The van der Waals surface area contributed by atoms with E-state index in [2.05, 4.69) is 31.6 Å². The third kappa shape index (κ3) is 5.46. The van der Waals surface area contributed by atoms with Gasteiger partial charge in [-0.2, -0.15) is 5.26 Å². The number of anilines is 2. The zero-order chi connectivity index (χ0) is 25.1. The second kappa shape index (κ2) is 10.6. The molecule has 182 valence electrons. The molecule has 1 aliphatic rings. The van der Waals surface area contributed by atoms with Crippen molar-refractivity contribution in [1.29, 1.82) is 5.26 Å². The maximum atomic E-state index is 13.5. The summed E-state index contributed by atoms with van der Waals surface area (Å²) in [6, 6.07) is 16.1. The van der Waals surface area contributed by atoms with E-state index in [0.717, 1.165) is 38.0 Å². The summed E-state index contributed by atoms with van der Waals surface area (Å²) in [5.41, 5.74) is 2.38. The number of hydrogen-bond donors (Lipinski definition) is 2. The molecule has 0 spiro atoms. The monoisotopic (exact) mass is 520 g/mol. The zero-order valence-electron chi connectivity index (χ0n) is 19.2. The summed E-state index contributed by atoms with van der Waals surface area (Å²) in [6.07, 6.45) is 3.13. The molecule has 0 bridgehead atoms. The molecule has 10 heteroatoms. The number of rotatable bonds is 6. The van der Waals surface area contributed by atoms with Gasteiger partial charge in [-0.1, -0.05) is 23.7 Å². The van der Waals surface area contributed by atoms with Gasteiger partial charge in [0.15, 0.2) is 0 Å². The number of carbonyl (C=O) groups excluding carboxylic acids is 1. The molecule has 0 unspecified atom stereocenters. The molecule has 5 rings (SSSR count). The predicted octanol–water partition coefficient (Wildman–Crippen LogP) is 5.49. The number of fused-ring (bicyclic) bond motifs is 1. The van der Waals surface area contributed by atoms with Crippen molar-refractivity contribution < 1.29 is 9.18 Å². The van der Waals surface area contributed by atoms with Gasteiger partial charge in [0.05, 0.1) is 26.9 Å². The number of nitrogens with zero attached hydrogens (tertiary/aromatic N) is 4. The molecule has 1 aliphatic heterocycles. The molecular weight excluding hydrogens is 499 g/mol. The van der Waals surface area contributed by atoms with Crippen LogP contribution in [0.5, 0.6) is 0 Å². The molecule has 1 fully saturated rings. The first-order chi connectivity index (χ1) is 17.5. The number of benzene rings is 2. The molecule has 0 atom stereocenters. The number of aromatic nitrogens is 2. The first kappa shape index (κ1) is 24.1. The van der Waals surface area contributed by atoms with Crippen LogP contribution in [0.15, 0.2) is 54.9 Å². The minimum atomic E-state index is -0.497. The van der Waals surface area contributed by atoms with Gasteiger partial charge in [-0.3, -0.25) is 9.69 Å². The van der Waals surface area contributed by atoms with Gasteiger partial charge in [-0.05, 0) is 54.8 Å². The number of nitriles is 1. The smallest absolute Gasteiger partial charge is 0.261 e. The molecule has 2 N–H and O–H groups in total. The lowest BCUT2D eigenvalue weighted by Crippen LogP contribution is -2.44. The van der Waals surface area contributed by atoms with Crippen molar-refractivity contribution in [2.45, 2.75) is 25.4 Å². The Morgan fingerprint density at radius 3 is 2.81 bits per heavy atom. The van der Waals surface area contributed by atoms with E-state index in [1.807, 2.05) is 24.3 Å². The van der Waals surface area contributed by atoms with Crippen LogP contribution in [-0.4, -0.2) is 39.9 Å². The van der Waals surface area contributed by atoms with Gasteiger partial charge in [-0.25, -0.2) is 14.4 Å². The summed E-state index contributed by atoms with van der Waals surface area (Å²) in [5, 5.41) is 16.1. The third-order valence-corrected chi connectivity index (χ3v) is 7.45. The number of halogens is 2. The van der Waals surface area contributed by atoms with Gasteiger partial charge in [0.1, 0.15) is 22.8 Å². The molecule has 0 saturated carbocycles.